The second kappa shape index (κ2) is 6.64. The summed E-state index contributed by atoms with van der Waals surface area (Å²) in [6.45, 7) is 8.34. The van der Waals surface area contributed by atoms with Gasteiger partial charge in [0.15, 0.2) is 0 Å². The molecule has 0 unspecified atom stereocenters. The topological polar surface area (TPSA) is 15.3 Å². The van der Waals surface area contributed by atoms with Crippen LogP contribution in [0.5, 0.6) is 0 Å². The number of allylic oxidation sites excluding steroid dienone is 4. The van der Waals surface area contributed by atoms with Gasteiger partial charge in [-0.15, -0.1) is 0 Å². The summed E-state index contributed by atoms with van der Waals surface area (Å²) in [5.41, 5.74) is 3.44. The van der Waals surface area contributed by atoms with Crippen LogP contribution < -0.4 is 5.32 Å². The fraction of sp³-hybridized carbons (Fsp3) is 0.176. The van der Waals surface area contributed by atoms with E-state index in [0.717, 1.165) is 17.1 Å². The summed E-state index contributed by atoms with van der Waals surface area (Å²) in [4.78, 5) is 1.99. The highest BCUT2D eigenvalue weighted by molar-refractivity contribution is 6.30. The Morgan fingerprint density at radius 2 is 2.14 bits per heavy atom. The van der Waals surface area contributed by atoms with Gasteiger partial charge >= 0.3 is 0 Å². The van der Waals surface area contributed by atoms with Crippen LogP contribution in [0, 0.1) is 5.82 Å². The van der Waals surface area contributed by atoms with Crippen LogP contribution in [0.3, 0.4) is 0 Å². The minimum Gasteiger partial charge on any atom is -0.379 e. The summed E-state index contributed by atoms with van der Waals surface area (Å²) in [5.74, 6) is -0.303. The number of hydrogen-bond acceptors (Lipinski definition) is 2. The first-order chi connectivity index (χ1) is 10.0. The molecular formula is C17H18ClFN2. The van der Waals surface area contributed by atoms with Gasteiger partial charge < -0.3 is 10.2 Å². The van der Waals surface area contributed by atoms with Gasteiger partial charge in [0, 0.05) is 34.7 Å². The molecule has 1 aliphatic rings. The van der Waals surface area contributed by atoms with Gasteiger partial charge in [-0.2, -0.15) is 0 Å². The Bertz CT molecular complexity index is 644. The van der Waals surface area contributed by atoms with E-state index in [1.54, 1.807) is 12.1 Å². The van der Waals surface area contributed by atoms with Gasteiger partial charge in [-0.05, 0) is 38.1 Å². The second-order valence-corrected chi connectivity index (χ2v) is 5.20. The van der Waals surface area contributed by atoms with E-state index in [1.807, 2.05) is 43.2 Å². The van der Waals surface area contributed by atoms with Crippen molar-refractivity contribution < 1.29 is 4.39 Å². The average Bonchev–Trinajstić information content (AvgIpc) is 2.44. The zero-order valence-electron chi connectivity index (χ0n) is 12.2. The predicted molar refractivity (Wildman–Crippen MR) is 85.9 cm³/mol. The van der Waals surface area contributed by atoms with Gasteiger partial charge in [0.2, 0.25) is 0 Å². The second-order valence-electron chi connectivity index (χ2n) is 4.77. The van der Waals surface area contributed by atoms with Gasteiger partial charge in [-0.1, -0.05) is 30.3 Å². The van der Waals surface area contributed by atoms with Crippen molar-refractivity contribution in [3.63, 3.8) is 0 Å². The first-order valence-electron chi connectivity index (χ1n) is 6.70. The maximum Gasteiger partial charge on any atom is 0.129 e. The number of rotatable bonds is 4. The lowest BCUT2D eigenvalue weighted by molar-refractivity contribution is 0.563. The molecule has 110 valence electrons. The van der Waals surface area contributed by atoms with Crippen LogP contribution in [0.15, 0.2) is 66.3 Å². The number of hydrogen-bond donors (Lipinski definition) is 1. The highest BCUT2D eigenvalue weighted by Crippen LogP contribution is 2.22. The standard InChI is InChI=1S/C17H18ClFN2/c1-4-9-21-12(2)5-8-17(13(21)3)20-11-14-6-7-15(18)10-16(14)19/h4-10,20H,2,11H2,1,3H3/b9-4-. The molecule has 0 bridgehead atoms. The maximum absolute atomic E-state index is 13.8. The van der Waals surface area contributed by atoms with Crippen molar-refractivity contribution >= 4 is 11.6 Å². The molecule has 1 aromatic rings. The van der Waals surface area contributed by atoms with Crippen molar-refractivity contribution in [3.8, 4) is 0 Å². The third-order valence-electron chi connectivity index (χ3n) is 3.29. The Morgan fingerprint density at radius 3 is 2.81 bits per heavy atom. The van der Waals surface area contributed by atoms with E-state index in [-0.39, 0.29) is 5.82 Å². The fourth-order valence-electron chi connectivity index (χ4n) is 2.12. The molecule has 0 radical (unpaired) electrons. The smallest absolute Gasteiger partial charge is 0.129 e. The van der Waals surface area contributed by atoms with Gasteiger partial charge in [0.25, 0.3) is 0 Å². The molecule has 0 fully saturated rings. The number of benzene rings is 1. The van der Waals surface area contributed by atoms with Crippen LogP contribution in [-0.4, -0.2) is 4.90 Å². The van der Waals surface area contributed by atoms with Crippen molar-refractivity contribution in [2.45, 2.75) is 20.4 Å². The summed E-state index contributed by atoms with van der Waals surface area (Å²) in [6.07, 6.45) is 7.77. The minimum atomic E-state index is -0.303. The summed E-state index contributed by atoms with van der Waals surface area (Å²) < 4.78 is 13.8. The molecule has 1 heterocycles. The average molecular weight is 305 g/mol. The Hall–Kier alpha value is -2.00. The minimum absolute atomic E-state index is 0.303. The number of nitrogens with zero attached hydrogens (tertiary/aromatic N) is 1. The van der Waals surface area contributed by atoms with Gasteiger partial charge in [-0.3, -0.25) is 0 Å². The Morgan fingerprint density at radius 1 is 1.38 bits per heavy atom. The lowest BCUT2D eigenvalue weighted by Crippen LogP contribution is -2.23. The highest BCUT2D eigenvalue weighted by Gasteiger charge is 2.13. The summed E-state index contributed by atoms with van der Waals surface area (Å²) in [7, 11) is 0. The quantitative estimate of drug-likeness (QED) is 0.866. The Balaban J connectivity index is 2.15. The molecule has 0 atom stereocenters. The first kappa shape index (κ1) is 15.4. The zero-order valence-corrected chi connectivity index (χ0v) is 12.9. The predicted octanol–water partition coefficient (Wildman–Crippen LogP) is 4.72. The molecule has 21 heavy (non-hydrogen) atoms. The van der Waals surface area contributed by atoms with Crippen LogP contribution in [0.4, 0.5) is 4.39 Å². The highest BCUT2D eigenvalue weighted by atomic mass is 35.5. The molecule has 0 spiro atoms. The van der Waals surface area contributed by atoms with Crippen molar-refractivity contribution in [3.05, 3.63) is 82.7 Å². The molecule has 0 aliphatic carbocycles. The Labute approximate surface area is 129 Å². The molecule has 1 aliphatic heterocycles. The SMILES string of the molecule is C=C1C=CC(NCc2ccc(Cl)cc2F)=C(C)N1/C=C\C. The molecule has 2 nitrogen and oxygen atoms in total. The van der Waals surface area contributed by atoms with Gasteiger partial charge in [-0.25, -0.2) is 4.39 Å². The van der Waals surface area contributed by atoms with E-state index in [1.165, 1.54) is 6.07 Å². The molecule has 1 aromatic carbocycles. The molecule has 0 saturated carbocycles. The molecule has 1 N–H and O–H groups in total. The van der Waals surface area contributed by atoms with Crippen molar-refractivity contribution in [2.24, 2.45) is 0 Å². The van der Waals surface area contributed by atoms with Crippen LogP contribution >= 0.6 is 11.6 Å². The van der Waals surface area contributed by atoms with Crippen LogP contribution in [0.25, 0.3) is 0 Å². The first-order valence-corrected chi connectivity index (χ1v) is 7.08. The lowest BCUT2D eigenvalue weighted by Gasteiger charge is -2.27. The van der Waals surface area contributed by atoms with E-state index in [9.17, 15) is 4.39 Å². The summed E-state index contributed by atoms with van der Waals surface area (Å²) in [5, 5.41) is 3.65. The number of halogens is 2. The molecule has 2 rings (SSSR count). The van der Waals surface area contributed by atoms with Crippen molar-refractivity contribution in [1.29, 1.82) is 0 Å². The van der Waals surface area contributed by atoms with E-state index >= 15 is 0 Å². The largest absolute Gasteiger partial charge is 0.379 e. The fourth-order valence-corrected chi connectivity index (χ4v) is 2.28. The van der Waals surface area contributed by atoms with E-state index in [2.05, 4.69) is 11.9 Å². The number of nitrogens with one attached hydrogen (secondary N) is 1. The Kier molecular flexibility index (Phi) is 4.86. The molecule has 0 aromatic heterocycles. The van der Waals surface area contributed by atoms with Crippen molar-refractivity contribution in [2.75, 3.05) is 0 Å². The maximum atomic E-state index is 13.8. The van der Waals surface area contributed by atoms with Gasteiger partial charge in [0.1, 0.15) is 5.82 Å². The third-order valence-corrected chi connectivity index (χ3v) is 3.52. The van der Waals surface area contributed by atoms with Crippen molar-refractivity contribution in [1.82, 2.24) is 10.2 Å². The van der Waals surface area contributed by atoms with Crippen LogP contribution in [-0.2, 0) is 6.54 Å². The van der Waals surface area contributed by atoms with E-state index in [0.29, 0.717) is 17.1 Å². The normalized spacial score (nSPS) is 15.2. The van der Waals surface area contributed by atoms with Crippen LogP contribution in [0.1, 0.15) is 19.4 Å². The molecule has 0 amide bonds. The van der Waals surface area contributed by atoms with E-state index in [4.69, 9.17) is 11.6 Å². The monoisotopic (exact) mass is 304 g/mol. The van der Waals surface area contributed by atoms with Crippen LogP contribution in [0.2, 0.25) is 5.02 Å². The molecular weight excluding hydrogens is 287 g/mol. The third kappa shape index (κ3) is 3.56. The molecule has 4 heteroatoms. The lowest BCUT2D eigenvalue weighted by atomic mass is 10.1. The zero-order chi connectivity index (χ0) is 15.4. The molecule has 0 saturated heterocycles. The van der Waals surface area contributed by atoms with E-state index < -0.39 is 0 Å². The van der Waals surface area contributed by atoms with Gasteiger partial charge in [0.05, 0.1) is 5.70 Å². The summed E-state index contributed by atoms with van der Waals surface area (Å²) in [6, 6.07) is 4.70. The summed E-state index contributed by atoms with van der Waals surface area (Å²) >= 11 is 5.75.